The van der Waals surface area contributed by atoms with Crippen molar-refractivity contribution in [1.82, 2.24) is 19.4 Å². The van der Waals surface area contributed by atoms with Crippen molar-refractivity contribution in [3.05, 3.63) is 98.7 Å². The van der Waals surface area contributed by atoms with E-state index in [1.807, 2.05) is 61.0 Å². The first-order chi connectivity index (χ1) is 15.4. The van der Waals surface area contributed by atoms with Gasteiger partial charge < -0.3 is 14.6 Å². The topological polar surface area (TPSA) is 78.2 Å². The SMILES string of the molecule is Cc1nc(-n2ccc(OCc3ccccc3)cc2=O)sc1C(=O)NCc1ccc(C)n1C. The van der Waals surface area contributed by atoms with Gasteiger partial charge in [-0.25, -0.2) is 4.98 Å². The summed E-state index contributed by atoms with van der Waals surface area (Å²) >= 11 is 1.19. The van der Waals surface area contributed by atoms with Gasteiger partial charge in [-0.2, -0.15) is 0 Å². The van der Waals surface area contributed by atoms with Crippen LogP contribution < -0.4 is 15.6 Å². The molecule has 8 heteroatoms. The molecule has 0 spiro atoms. The third-order valence-electron chi connectivity index (χ3n) is 5.24. The molecule has 4 aromatic rings. The number of aryl methyl sites for hydroxylation is 2. The van der Waals surface area contributed by atoms with Gasteiger partial charge in [0.1, 0.15) is 17.2 Å². The molecule has 0 unspecified atom stereocenters. The Bertz CT molecular complexity index is 1300. The lowest BCUT2D eigenvalue weighted by Gasteiger charge is -2.07. The second-order valence-corrected chi connectivity index (χ2v) is 8.44. The number of carbonyl (C=O) groups excluding carboxylic acids is 1. The summed E-state index contributed by atoms with van der Waals surface area (Å²) in [5.74, 6) is 0.278. The number of pyridine rings is 1. The summed E-state index contributed by atoms with van der Waals surface area (Å²) in [5.41, 5.74) is 3.48. The average molecular weight is 449 g/mol. The number of thiazole rings is 1. The largest absolute Gasteiger partial charge is 0.489 e. The summed E-state index contributed by atoms with van der Waals surface area (Å²) < 4.78 is 9.17. The molecular formula is C24H24N4O3S. The summed E-state index contributed by atoms with van der Waals surface area (Å²) in [4.78, 5) is 30.3. The molecule has 1 N–H and O–H groups in total. The van der Waals surface area contributed by atoms with E-state index < -0.39 is 0 Å². The van der Waals surface area contributed by atoms with Gasteiger partial charge in [-0.15, -0.1) is 0 Å². The Kier molecular flexibility index (Phi) is 6.23. The molecular weight excluding hydrogens is 424 g/mol. The van der Waals surface area contributed by atoms with Crippen LogP contribution in [0.1, 0.15) is 32.3 Å². The number of amides is 1. The number of ether oxygens (including phenoxy) is 1. The third-order valence-corrected chi connectivity index (χ3v) is 6.40. The van der Waals surface area contributed by atoms with E-state index in [1.165, 1.54) is 22.0 Å². The van der Waals surface area contributed by atoms with Crippen LogP contribution in [-0.4, -0.2) is 20.0 Å². The van der Waals surface area contributed by atoms with Gasteiger partial charge in [0.05, 0.1) is 12.2 Å². The normalized spacial score (nSPS) is 10.8. The van der Waals surface area contributed by atoms with Crippen LogP contribution >= 0.6 is 11.3 Å². The molecule has 3 aromatic heterocycles. The minimum absolute atomic E-state index is 0.207. The molecule has 0 fully saturated rings. The fraction of sp³-hybridized carbons (Fsp3) is 0.208. The Hall–Kier alpha value is -3.65. The number of rotatable bonds is 7. The van der Waals surface area contributed by atoms with Crippen molar-refractivity contribution in [2.75, 3.05) is 0 Å². The van der Waals surface area contributed by atoms with E-state index in [0.717, 1.165) is 17.0 Å². The number of benzene rings is 1. The maximum absolute atomic E-state index is 12.7. The molecule has 1 aromatic carbocycles. The highest BCUT2D eigenvalue weighted by Crippen LogP contribution is 2.21. The van der Waals surface area contributed by atoms with Crippen LogP contribution in [0.5, 0.6) is 5.75 Å². The van der Waals surface area contributed by atoms with Crippen molar-refractivity contribution in [3.8, 4) is 10.9 Å². The van der Waals surface area contributed by atoms with Gasteiger partial charge in [0.15, 0.2) is 5.13 Å². The number of nitrogens with one attached hydrogen (secondary N) is 1. The number of hydrogen-bond acceptors (Lipinski definition) is 5. The molecule has 1 amide bonds. The lowest BCUT2D eigenvalue weighted by molar-refractivity contribution is 0.0953. The van der Waals surface area contributed by atoms with Gasteiger partial charge in [0, 0.05) is 30.7 Å². The standard InChI is InChI=1S/C24H24N4O3S/c1-16-9-10-19(27(16)3)14-25-23(30)22-17(2)26-24(32-22)28-12-11-20(13-21(28)29)31-15-18-7-5-4-6-8-18/h4-13H,14-15H2,1-3H3,(H,25,30). The third kappa shape index (κ3) is 4.65. The summed E-state index contributed by atoms with van der Waals surface area (Å²) in [6.45, 7) is 4.58. The van der Waals surface area contributed by atoms with Gasteiger partial charge in [-0.3, -0.25) is 14.2 Å². The van der Waals surface area contributed by atoms with Crippen LogP contribution in [0.2, 0.25) is 0 Å². The molecule has 0 aliphatic heterocycles. The first-order valence-electron chi connectivity index (χ1n) is 10.2. The highest BCUT2D eigenvalue weighted by Gasteiger charge is 2.17. The van der Waals surface area contributed by atoms with Gasteiger partial charge in [-0.05, 0) is 37.6 Å². The monoisotopic (exact) mass is 448 g/mol. The molecule has 0 aliphatic carbocycles. The number of carbonyl (C=O) groups is 1. The van der Waals surface area contributed by atoms with E-state index in [-0.39, 0.29) is 11.5 Å². The van der Waals surface area contributed by atoms with E-state index in [4.69, 9.17) is 4.74 Å². The van der Waals surface area contributed by atoms with Crippen molar-refractivity contribution in [2.24, 2.45) is 7.05 Å². The van der Waals surface area contributed by atoms with E-state index in [1.54, 1.807) is 19.2 Å². The number of aromatic nitrogens is 3. The lowest BCUT2D eigenvalue weighted by atomic mass is 10.2. The molecule has 32 heavy (non-hydrogen) atoms. The number of hydrogen-bond donors (Lipinski definition) is 1. The zero-order valence-corrected chi connectivity index (χ0v) is 19.0. The Labute approximate surface area is 189 Å². The molecule has 7 nitrogen and oxygen atoms in total. The van der Waals surface area contributed by atoms with E-state index in [9.17, 15) is 9.59 Å². The minimum atomic E-state index is -0.268. The fourth-order valence-corrected chi connectivity index (χ4v) is 4.21. The van der Waals surface area contributed by atoms with Crippen LogP contribution in [0, 0.1) is 13.8 Å². The van der Waals surface area contributed by atoms with E-state index >= 15 is 0 Å². The Morgan fingerprint density at radius 3 is 2.59 bits per heavy atom. The molecule has 0 saturated heterocycles. The van der Waals surface area contributed by atoms with Crippen molar-refractivity contribution in [2.45, 2.75) is 27.0 Å². The summed E-state index contributed by atoms with van der Waals surface area (Å²) in [5, 5.41) is 3.38. The van der Waals surface area contributed by atoms with Gasteiger partial charge in [0.25, 0.3) is 11.5 Å². The maximum atomic E-state index is 12.7. The quantitative estimate of drug-likeness (QED) is 0.467. The van der Waals surface area contributed by atoms with Gasteiger partial charge in [0.2, 0.25) is 0 Å². The van der Waals surface area contributed by atoms with Crippen LogP contribution in [0.25, 0.3) is 5.13 Å². The van der Waals surface area contributed by atoms with Crippen LogP contribution in [0.3, 0.4) is 0 Å². The zero-order chi connectivity index (χ0) is 22.7. The minimum Gasteiger partial charge on any atom is -0.489 e. The molecule has 0 saturated carbocycles. The second kappa shape index (κ2) is 9.23. The molecule has 0 atom stereocenters. The highest BCUT2D eigenvalue weighted by atomic mass is 32.1. The van der Waals surface area contributed by atoms with Crippen LogP contribution in [-0.2, 0) is 20.2 Å². The molecule has 0 radical (unpaired) electrons. The van der Waals surface area contributed by atoms with Crippen molar-refractivity contribution in [1.29, 1.82) is 0 Å². The smallest absolute Gasteiger partial charge is 0.263 e. The Balaban J connectivity index is 1.46. The maximum Gasteiger partial charge on any atom is 0.263 e. The van der Waals surface area contributed by atoms with Crippen molar-refractivity contribution in [3.63, 3.8) is 0 Å². The fourth-order valence-electron chi connectivity index (χ4n) is 3.24. The predicted octanol–water partition coefficient (Wildman–Crippen LogP) is 3.76. The lowest BCUT2D eigenvalue weighted by Crippen LogP contribution is -2.23. The average Bonchev–Trinajstić information content (AvgIpc) is 3.33. The molecule has 3 heterocycles. The van der Waals surface area contributed by atoms with Crippen molar-refractivity contribution >= 4 is 17.2 Å². The zero-order valence-electron chi connectivity index (χ0n) is 18.2. The van der Waals surface area contributed by atoms with Gasteiger partial charge >= 0.3 is 0 Å². The summed E-state index contributed by atoms with van der Waals surface area (Å²) in [6.07, 6.45) is 1.62. The van der Waals surface area contributed by atoms with Gasteiger partial charge in [-0.1, -0.05) is 41.7 Å². The second-order valence-electron chi connectivity index (χ2n) is 7.46. The Morgan fingerprint density at radius 2 is 1.91 bits per heavy atom. The molecule has 0 bridgehead atoms. The summed E-state index contributed by atoms with van der Waals surface area (Å²) in [7, 11) is 1.96. The predicted molar refractivity (Wildman–Crippen MR) is 125 cm³/mol. The number of nitrogens with zero attached hydrogens (tertiary/aromatic N) is 3. The van der Waals surface area contributed by atoms with E-state index in [0.29, 0.717) is 34.6 Å². The summed E-state index contributed by atoms with van der Waals surface area (Å²) in [6, 6.07) is 16.9. The molecule has 0 aliphatic rings. The molecule has 164 valence electrons. The highest BCUT2D eigenvalue weighted by molar-refractivity contribution is 7.16. The van der Waals surface area contributed by atoms with Crippen LogP contribution in [0.15, 0.2) is 65.6 Å². The van der Waals surface area contributed by atoms with Crippen molar-refractivity contribution < 1.29 is 9.53 Å². The van der Waals surface area contributed by atoms with E-state index in [2.05, 4.69) is 10.3 Å². The van der Waals surface area contributed by atoms with Crippen LogP contribution in [0.4, 0.5) is 0 Å². The first kappa shape index (κ1) is 21.6. The molecule has 4 rings (SSSR count). The first-order valence-corrected chi connectivity index (χ1v) is 11.0. The Morgan fingerprint density at radius 1 is 1.12 bits per heavy atom.